The molecule has 0 atom stereocenters. The Morgan fingerprint density at radius 2 is 0.491 bits per heavy atom. The van der Waals surface area contributed by atoms with Gasteiger partial charge in [-0.2, -0.15) is 0 Å². The highest BCUT2D eigenvalue weighted by atomic mass is 32.1. The molecule has 0 aliphatic heterocycles. The lowest BCUT2D eigenvalue weighted by molar-refractivity contribution is 1.54. The van der Waals surface area contributed by atoms with E-state index in [1.165, 1.54) is 170 Å². The average molecular weight is 1480 g/mol. The van der Waals surface area contributed by atoms with Crippen LogP contribution in [0, 0.1) is 0 Å². The molecule has 3 heterocycles. The molecule has 0 aliphatic rings. The maximum absolute atomic E-state index is 3.59. The number of fused-ring (bicyclic) bond motifs is 16. The Morgan fingerprint density at radius 3 is 1.02 bits per heavy atom. The highest BCUT2D eigenvalue weighted by Gasteiger charge is 2.18. The average Bonchev–Trinajstić information content (AvgIpc) is 1.62. The fourth-order valence-electron chi connectivity index (χ4n) is 16.0. The third-order valence-corrected chi connectivity index (χ3v) is 25.3. The second-order valence-electron chi connectivity index (χ2n) is 28.4. The summed E-state index contributed by atoms with van der Waals surface area (Å²) in [4.78, 5) is 0. The van der Waals surface area contributed by atoms with Crippen LogP contribution in [0.2, 0.25) is 0 Å². The summed E-state index contributed by atoms with van der Waals surface area (Å²) < 4.78 is 8.11. The van der Waals surface area contributed by atoms with Crippen molar-refractivity contribution >= 4 is 172 Å². The van der Waals surface area contributed by atoms with Gasteiger partial charge in [0, 0.05) is 94.6 Å². The summed E-state index contributed by atoms with van der Waals surface area (Å²) in [6.07, 6.45) is 0. The van der Waals surface area contributed by atoms with E-state index in [-0.39, 0.29) is 0 Å². The molecule has 22 rings (SSSR count). The molecule has 0 aliphatic carbocycles. The first-order valence-corrected chi connectivity index (χ1v) is 40.4. The Labute approximate surface area is 661 Å². The van der Waals surface area contributed by atoms with Gasteiger partial charge in [0.25, 0.3) is 0 Å². The second kappa shape index (κ2) is 29.7. The van der Waals surface area contributed by atoms with Gasteiger partial charge in [-0.3, -0.25) is 0 Å². The number of thiophene rings is 3. The number of benzene rings is 19. The van der Waals surface area contributed by atoms with E-state index in [1.807, 2.05) is 40.1 Å². The van der Waals surface area contributed by atoms with Gasteiger partial charge >= 0.3 is 0 Å². The molecule has 0 saturated carbocycles. The van der Waals surface area contributed by atoms with Crippen LogP contribution in [-0.4, -0.2) is 0 Å². The minimum Gasteiger partial charge on any atom is -0.356 e. The topological polar surface area (TPSA) is 36.1 Å². The number of anilines is 6. The quantitative estimate of drug-likeness (QED) is 0.114. The molecule has 19 aromatic carbocycles. The fourth-order valence-corrected chi connectivity index (χ4v) is 19.9. The third kappa shape index (κ3) is 13.2. The van der Waals surface area contributed by atoms with Gasteiger partial charge in [-0.15, -0.1) is 34.0 Å². The van der Waals surface area contributed by atoms with E-state index >= 15 is 0 Å². The van der Waals surface area contributed by atoms with Crippen molar-refractivity contribution in [3.8, 4) is 66.8 Å². The molecule has 0 amide bonds. The molecule has 112 heavy (non-hydrogen) atoms. The van der Waals surface area contributed by atoms with Gasteiger partial charge in [-0.05, 0) is 195 Å². The summed E-state index contributed by atoms with van der Waals surface area (Å²) in [5, 5.41) is 29.2. The van der Waals surface area contributed by atoms with Crippen molar-refractivity contribution < 1.29 is 0 Å². The molecule has 528 valence electrons. The van der Waals surface area contributed by atoms with Crippen LogP contribution in [0.3, 0.4) is 0 Å². The number of nitrogens with one attached hydrogen (secondary N) is 3. The molecule has 0 spiro atoms. The van der Waals surface area contributed by atoms with E-state index in [2.05, 4.69) is 422 Å². The summed E-state index contributed by atoms with van der Waals surface area (Å²) in [6.45, 7) is 0. The first-order chi connectivity index (χ1) is 55.5. The van der Waals surface area contributed by atoms with Crippen molar-refractivity contribution in [1.82, 2.24) is 0 Å². The monoisotopic (exact) mass is 1480 g/mol. The Kier molecular flexibility index (Phi) is 17.9. The minimum absolute atomic E-state index is 1.08. The van der Waals surface area contributed by atoms with Crippen molar-refractivity contribution in [3.63, 3.8) is 0 Å². The summed E-state index contributed by atoms with van der Waals surface area (Å²) in [7, 11) is 0. The SMILES string of the molecule is c1ccc(-c2ccc(Nc3ccc(-c4cccc5c4sc4c6ccccc6ccc54)cc3)cc2)cc1.c1ccc(-c2cccc(Nc3ccc(-c4cccc5c4sc4c6ccccc6ccc54)cc3)c2)cc1.c1ccc2c(-c3ccc(Nc4ccc(-c5cc6sc7ccccc7c6c6ccccc56)cc4)cc3)cccc2c1. The van der Waals surface area contributed by atoms with Crippen molar-refractivity contribution in [3.05, 3.63) is 413 Å². The van der Waals surface area contributed by atoms with Crippen LogP contribution >= 0.6 is 34.0 Å². The fraction of sp³-hybridized carbons (Fsp3) is 0. The van der Waals surface area contributed by atoms with Gasteiger partial charge < -0.3 is 16.0 Å². The van der Waals surface area contributed by atoms with Crippen molar-refractivity contribution in [2.24, 2.45) is 0 Å². The van der Waals surface area contributed by atoms with E-state index in [0.29, 0.717) is 0 Å². The maximum atomic E-state index is 3.59. The molecule has 0 fully saturated rings. The van der Waals surface area contributed by atoms with Crippen molar-refractivity contribution in [1.29, 1.82) is 0 Å². The number of hydrogen-bond donors (Lipinski definition) is 3. The van der Waals surface area contributed by atoms with Crippen LogP contribution in [0.4, 0.5) is 34.1 Å². The molecule has 0 bridgehead atoms. The molecule has 3 N–H and O–H groups in total. The summed E-state index contributed by atoms with van der Waals surface area (Å²) in [5.74, 6) is 0. The predicted molar refractivity (Wildman–Crippen MR) is 490 cm³/mol. The molecular formula is C106H71N3S3. The minimum atomic E-state index is 1.08. The Morgan fingerprint density at radius 1 is 0.152 bits per heavy atom. The molecule has 0 saturated heterocycles. The molecule has 3 aromatic heterocycles. The van der Waals surface area contributed by atoms with E-state index < -0.39 is 0 Å². The largest absolute Gasteiger partial charge is 0.356 e. The van der Waals surface area contributed by atoms with E-state index in [4.69, 9.17) is 0 Å². The van der Waals surface area contributed by atoms with Crippen molar-refractivity contribution in [2.45, 2.75) is 0 Å². The van der Waals surface area contributed by atoms with Crippen LogP contribution in [0.25, 0.3) is 170 Å². The lowest BCUT2D eigenvalue weighted by atomic mass is 9.95. The second-order valence-corrected chi connectivity index (χ2v) is 31.6. The highest BCUT2D eigenvalue weighted by Crippen LogP contribution is 2.47. The normalized spacial score (nSPS) is 11.4. The van der Waals surface area contributed by atoms with Gasteiger partial charge in [-0.1, -0.05) is 328 Å². The smallest absolute Gasteiger partial charge is 0.0434 e. The molecule has 0 radical (unpaired) electrons. The van der Waals surface area contributed by atoms with Gasteiger partial charge in [0.1, 0.15) is 0 Å². The summed E-state index contributed by atoms with van der Waals surface area (Å²) >= 11 is 5.68. The van der Waals surface area contributed by atoms with E-state index in [9.17, 15) is 0 Å². The van der Waals surface area contributed by atoms with Gasteiger partial charge in [0.05, 0.1) is 0 Å². The van der Waals surface area contributed by atoms with Crippen LogP contribution < -0.4 is 16.0 Å². The molecule has 3 nitrogen and oxygen atoms in total. The first kappa shape index (κ1) is 67.6. The number of hydrogen-bond acceptors (Lipinski definition) is 6. The highest BCUT2D eigenvalue weighted by molar-refractivity contribution is 7.28. The van der Waals surface area contributed by atoms with Gasteiger partial charge in [0.15, 0.2) is 0 Å². The van der Waals surface area contributed by atoms with Crippen molar-refractivity contribution in [2.75, 3.05) is 16.0 Å². The number of rotatable bonds is 12. The van der Waals surface area contributed by atoms with Gasteiger partial charge in [-0.25, -0.2) is 0 Å². The molecular weight excluding hydrogens is 1410 g/mol. The zero-order valence-corrected chi connectivity index (χ0v) is 63.4. The third-order valence-electron chi connectivity index (χ3n) is 21.6. The van der Waals surface area contributed by atoms with Crippen LogP contribution in [0.5, 0.6) is 0 Å². The van der Waals surface area contributed by atoms with Gasteiger partial charge in [0.2, 0.25) is 0 Å². The lowest BCUT2D eigenvalue weighted by Crippen LogP contribution is -1.91. The summed E-state index contributed by atoms with van der Waals surface area (Å²) in [5.41, 5.74) is 21.4. The first-order valence-electron chi connectivity index (χ1n) is 38.0. The molecule has 6 heteroatoms. The molecule has 0 unspecified atom stereocenters. The predicted octanol–water partition coefficient (Wildman–Crippen LogP) is 32.0. The standard InChI is InChI=1S/C38H25NS.2C34H23NS/c1-2-10-30-25(8-1)9-7-14-31(30)26-16-20-28(21-17-26)39-29-22-18-27(19-23-29)35-24-37-38(33-12-4-3-11-32(33)35)34-13-5-6-15-36(34)40-37;1-2-8-23(9-3-1)26-11-6-12-28(22-26)35-27-19-16-25(17-20-27)30-14-7-15-31-32-21-18-24-10-4-5-13-29(24)34(32)36-33(30)31;1-2-7-23(8-3-1)24-13-18-27(19-14-24)35-28-20-15-26(16-21-28)30-11-6-12-31-32-22-17-25-9-4-5-10-29(25)34(32)36-33(30)31/h1-24,39H;2*1-22,35H. The zero-order valence-electron chi connectivity index (χ0n) is 61.0. The maximum Gasteiger partial charge on any atom is 0.0434 e. The Hall–Kier alpha value is -13.7. The summed E-state index contributed by atoms with van der Waals surface area (Å²) in [6, 6.07) is 148. The van der Waals surface area contributed by atoms with E-state index in [1.54, 1.807) is 0 Å². The zero-order chi connectivity index (χ0) is 74.3. The van der Waals surface area contributed by atoms with E-state index in [0.717, 1.165) is 34.1 Å². The Bertz CT molecular complexity index is 7220. The van der Waals surface area contributed by atoms with Crippen LogP contribution in [-0.2, 0) is 0 Å². The van der Waals surface area contributed by atoms with Crippen LogP contribution in [0.15, 0.2) is 413 Å². The lowest BCUT2D eigenvalue weighted by Gasteiger charge is -2.12. The Balaban J connectivity index is 0.000000110. The van der Waals surface area contributed by atoms with Crippen LogP contribution in [0.1, 0.15) is 0 Å². The molecule has 22 aromatic rings.